The third kappa shape index (κ3) is 4.64. The first-order valence-electron chi connectivity index (χ1n) is 6.13. The average molecular weight is 306 g/mol. The van der Waals surface area contributed by atoms with E-state index in [2.05, 4.69) is 4.98 Å². The predicted octanol–water partition coefficient (Wildman–Crippen LogP) is 2.04. The molecule has 1 fully saturated rings. The third-order valence-corrected chi connectivity index (χ3v) is 3.25. The second-order valence-electron chi connectivity index (χ2n) is 4.66. The van der Waals surface area contributed by atoms with Crippen LogP contribution in [-0.4, -0.2) is 35.4 Å². The van der Waals surface area contributed by atoms with E-state index in [4.69, 9.17) is 5.73 Å². The van der Waals surface area contributed by atoms with Crippen LogP contribution in [0.2, 0.25) is 0 Å². The average Bonchev–Trinajstić information content (AvgIpc) is 2.38. The quantitative estimate of drug-likeness (QED) is 0.909. The minimum atomic E-state index is 0. The van der Waals surface area contributed by atoms with E-state index in [0.29, 0.717) is 18.2 Å². The number of piperidine rings is 1. The van der Waals surface area contributed by atoms with Crippen LogP contribution in [0.3, 0.4) is 0 Å². The van der Waals surface area contributed by atoms with E-state index < -0.39 is 0 Å². The van der Waals surface area contributed by atoms with Gasteiger partial charge in [-0.15, -0.1) is 24.8 Å². The van der Waals surface area contributed by atoms with Gasteiger partial charge in [0.05, 0.1) is 0 Å². The summed E-state index contributed by atoms with van der Waals surface area (Å²) in [7, 11) is 0. The number of amides is 1. The van der Waals surface area contributed by atoms with Gasteiger partial charge in [-0.25, -0.2) is 4.98 Å². The number of hydrogen-bond donors (Lipinski definition) is 1. The zero-order chi connectivity index (χ0) is 12.3. The maximum Gasteiger partial charge on any atom is 0.272 e. The van der Waals surface area contributed by atoms with Gasteiger partial charge < -0.3 is 10.6 Å². The Bertz CT molecular complexity index is 415. The van der Waals surface area contributed by atoms with Crippen molar-refractivity contribution in [3.8, 4) is 0 Å². The highest BCUT2D eigenvalue weighted by Gasteiger charge is 2.24. The summed E-state index contributed by atoms with van der Waals surface area (Å²) >= 11 is 0. The van der Waals surface area contributed by atoms with Crippen molar-refractivity contribution >= 4 is 30.7 Å². The van der Waals surface area contributed by atoms with Crippen LogP contribution in [0.25, 0.3) is 0 Å². The number of rotatable bonds is 2. The normalized spacial score (nSPS) is 18.2. The van der Waals surface area contributed by atoms with E-state index in [1.807, 2.05) is 24.0 Å². The molecule has 1 saturated heterocycles. The number of hydrogen-bond acceptors (Lipinski definition) is 3. The van der Waals surface area contributed by atoms with Gasteiger partial charge in [-0.2, -0.15) is 0 Å². The molecule has 1 aromatic heterocycles. The predicted molar refractivity (Wildman–Crippen MR) is 81.2 cm³/mol. The highest BCUT2D eigenvalue weighted by Crippen LogP contribution is 2.17. The van der Waals surface area contributed by atoms with Crippen molar-refractivity contribution in [3.63, 3.8) is 0 Å². The number of aromatic nitrogens is 1. The van der Waals surface area contributed by atoms with Crippen molar-refractivity contribution in [3.05, 3.63) is 29.6 Å². The van der Waals surface area contributed by atoms with Crippen molar-refractivity contribution in [1.29, 1.82) is 0 Å². The molecule has 0 radical (unpaired) electrons. The zero-order valence-electron chi connectivity index (χ0n) is 11.0. The van der Waals surface area contributed by atoms with E-state index in [1.165, 1.54) is 0 Å². The summed E-state index contributed by atoms with van der Waals surface area (Å²) in [5.74, 6) is 0.476. The molecule has 0 saturated carbocycles. The minimum absolute atomic E-state index is 0. The van der Waals surface area contributed by atoms with Gasteiger partial charge in [-0.05, 0) is 44.4 Å². The van der Waals surface area contributed by atoms with Crippen molar-refractivity contribution in [2.24, 2.45) is 11.7 Å². The number of pyridine rings is 1. The SMILES string of the molecule is Cc1cccc(C(=O)N2CCCC(CN)C2)n1.Cl.Cl. The monoisotopic (exact) mass is 305 g/mol. The van der Waals surface area contributed by atoms with Gasteiger partial charge >= 0.3 is 0 Å². The van der Waals surface area contributed by atoms with E-state index in [0.717, 1.165) is 31.6 Å². The second-order valence-corrected chi connectivity index (χ2v) is 4.66. The highest BCUT2D eigenvalue weighted by molar-refractivity contribution is 5.92. The van der Waals surface area contributed by atoms with Gasteiger partial charge in [0.25, 0.3) is 5.91 Å². The first-order chi connectivity index (χ1) is 8.20. The highest BCUT2D eigenvalue weighted by atomic mass is 35.5. The Labute approximate surface area is 126 Å². The molecule has 1 aromatic rings. The summed E-state index contributed by atoms with van der Waals surface area (Å²) in [5, 5.41) is 0. The standard InChI is InChI=1S/C13H19N3O.2ClH/c1-10-4-2-6-12(15-10)13(17)16-7-3-5-11(8-14)9-16;;/h2,4,6,11H,3,5,7-9,14H2,1H3;2*1H. The number of halogens is 2. The summed E-state index contributed by atoms with van der Waals surface area (Å²) in [6.07, 6.45) is 2.17. The molecular weight excluding hydrogens is 285 g/mol. The van der Waals surface area contributed by atoms with Crippen molar-refractivity contribution in [2.75, 3.05) is 19.6 Å². The van der Waals surface area contributed by atoms with Crippen LogP contribution in [0, 0.1) is 12.8 Å². The van der Waals surface area contributed by atoms with Crippen LogP contribution >= 0.6 is 24.8 Å². The lowest BCUT2D eigenvalue weighted by Crippen LogP contribution is -2.42. The van der Waals surface area contributed by atoms with Crippen LogP contribution in [-0.2, 0) is 0 Å². The Balaban J connectivity index is 0.00000162. The molecule has 0 aromatic carbocycles. The van der Waals surface area contributed by atoms with Gasteiger partial charge in [-0.3, -0.25) is 4.79 Å². The molecule has 0 aliphatic carbocycles. The van der Waals surface area contributed by atoms with Crippen molar-refractivity contribution in [2.45, 2.75) is 19.8 Å². The molecule has 0 spiro atoms. The molecule has 1 unspecified atom stereocenters. The van der Waals surface area contributed by atoms with Gasteiger partial charge in [0.2, 0.25) is 0 Å². The molecule has 1 aliphatic rings. The fourth-order valence-corrected chi connectivity index (χ4v) is 2.27. The molecule has 19 heavy (non-hydrogen) atoms. The largest absolute Gasteiger partial charge is 0.337 e. The molecule has 108 valence electrons. The smallest absolute Gasteiger partial charge is 0.272 e. The maximum atomic E-state index is 12.2. The summed E-state index contributed by atoms with van der Waals surface area (Å²) < 4.78 is 0. The number of nitrogens with two attached hydrogens (primary N) is 1. The summed E-state index contributed by atoms with van der Waals surface area (Å²) in [6, 6.07) is 5.55. The first-order valence-corrected chi connectivity index (χ1v) is 6.13. The molecule has 2 rings (SSSR count). The minimum Gasteiger partial charge on any atom is -0.337 e. The van der Waals surface area contributed by atoms with Gasteiger partial charge in [0.1, 0.15) is 5.69 Å². The molecule has 0 bridgehead atoms. The number of aryl methyl sites for hydroxylation is 1. The second kappa shape index (κ2) is 8.35. The van der Waals surface area contributed by atoms with Crippen molar-refractivity contribution in [1.82, 2.24) is 9.88 Å². The van der Waals surface area contributed by atoms with Crippen LogP contribution in [0.5, 0.6) is 0 Å². The Morgan fingerprint density at radius 3 is 2.84 bits per heavy atom. The molecule has 1 aliphatic heterocycles. The maximum absolute atomic E-state index is 12.2. The van der Waals surface area contributed by atoms with Gasteiger partial charge in [0, 0.05) is 18.8 Å². The number of carbonyl (C=O) groups is 1. The number of carbonyl (C=O) groups excluding carboxylic acids is 1. The zero-order valence-corrected chi connectivity index (χ0v) is 12.7. The molecule has 1 atom stereocenters. The molecule has 6 heteroatoms. The molecular formula is C13H21Cl2N3O. The fourth-order valence-electron chi connectivity index (χ4n) is 2.27. The molecule has 1 amide bonds. The lowest BCUT2D eigenvalue weighted by molar-refractivity contribution is 0.0672. The van der Waals surface area contributed by atoms with E-state index in [1.54, 1.807) is 6.07 Å². The first kappa shape index (κ1) is 18.2. The van der Waals surface area contributed by atoms with Gasteiger partial charge in [0.15, 0.2) is 0 Å². The lowest BCUT2D eigenvalue weighted by Gasteiger charge is -2.31. The van der Waals surface area contributed by atoms with Gasteiger partial charge in [-0.1, -0.05) is 6.07 Å². The molecule has 2 N–H and O–H groups in total. The van der Waals surface area contributed by atoms with E-state index in [-0.39, 0.29) is 30.7 Å². The van der Waals surface area contributed by atoms with E-state index >= 15 is 0 Å². The number of nitrogens with zero attached hydrogens (tertiary/aromatic N) is 2. The summed E-state index contributed by atoms with van der Waals surface area (Å²) in [6.45, 7) is 4.15. The van der Waals surface area contributed by atoms with Crippen LogP contribution in [0.4, 0.5) is 0 Å². The Morgan fingerprint density at radius 1 is 1.47 bits per heavy atom. The van der Waals surface area contributed by atoms with Crippen LogP contribution in [0.1, 0.15) is 29.0 Å². The summed E-state index contributed by atoms with van der Waals surface area (Å²) in [4.78, 5) is 18.4. The van der Waals surface area contributed by atoms with Crippen LogP contribution in [0.15, 0.2) is 18.2 Å². The topological polar surface area (TPSA) is 59.2 Å². The van der Waals surface area contributed by atoms with Crippen LogP contribution < -0.4 is 5.73 Å². The third-order valence-electron chi connectivity index (χ3n) is 3.25. The Kier molecular flexibility index (Phi) is 7.99. The Hall–Kier alpha value is -0.840. The lowest BCUT2D eigenvalue weighted by atomic mass is 9.98. The number of likely N-dealkylation sites (tertiary alicyclic amines) is 1. The molecule has 2 heterocycles. The fraction of sp³-hybridized carbons (Fsp3) is 0.538. The Morgan fingerprint density at radius 2 is 2.21 bits per heavy atom. The van der Waals surface area contributed by atoms with E-state index in [9.17, 15) is 4.79 Å². The molecule has 4 nitrogen and oxygen atoms in total. The summed E-state index contributed by atoms with van der Waals surface area (Å²) in [5.41, 5.74) is 7.10. The van der Waals surface area contributed by atoms with Crippen molar-refractivity contribution < 1.29 is 4.79 Å².